The Morgan fingerprint density at radius 2 is 1.81 bits per heavy atom. The molecule has 1 aliphatic carbocycles. The van der Waals surface area contributed by atoms with Crippen molar-refractivity contribution in [3.05, 3.63) is 65.0 Å². The fourth-order valence-electron chi connectivity index (χ4n) is 4.95. The van der Waals surface area contributed by atoms with Gasteiger partial charge in [0.2, 0.25) is 17.4 Å². The van der Waals surface area contributed by atoms with Crippen molar-refractivity contribution in [1.29, 1.82) is 0 Å². The molecule has 1 aliphatic heterocycles. The molecule has 3 N–H and O–H groups in total. The van der Waals surface area contributed by atoms with Crippen LogP contribution in [0.4, 0.5) is 32.8 Å². The van der Waals surface area contributed by atoms with E-state index in [1.807, 2.05) is 0 Å². The second-order valence-corrected chi connectivity index (χ2v) is 10.2. The van der Waals surface area contributed by atoms with Crippen LogP contribution in [0.1, 0.15) is 36.5 Å². The number of halogens is 4. The fraction of sp³-hybridized carbons (Fsp3) is 0.393. The van der Waals surface area contributed by atoms with Crippen LogP contribution < -0.4 is 16.0 Å². The van der Waals surface area contributed by atoms with Crippen molar-refractivity contribution in [2.75, 3.05) is 25.5 Å². The molecule has 2 aliphatic rings. The molecule has 15 heteroatoms. The first kappa shape index (κ1) is 31.4. The quantitative estimate of drug-likeness (QED) is 0.373. The highest BCUT2D eigenvalue weighted by atomic mass is 19.4. The summed E-state index contributed by atoms with van der Waals surface area (Å²) in [4.78, 5) is 64.4. The number of ether oxygens (including phenoxy) is 1. The molecule has 2 aromatic carbocycles. The highest BCUT2D eigenvalue weighted by molar-refractivity contribution is 6.06. The van der Waals surface area contributed by atoms with Gasteiger partial charge in [-0.3, -0.25) is 19.7 Å². The Labute approximate surface area is 243 Å². The van der Waals surface area contributed by atoms with Crippen molar-refractivity contribution in [3.63, 3.8) is 0 Å². The Balaban J connectivity index is 1.49. The molecule has 230 valence electrons. The molecule has 1 heterocycles. The summed E-state index contributed by atoms with van der Waals surface area (Å²) in [6.45, 7) is -0.402. The highest BCUT2D eigenvalue weighted by Gasteiger charge is 2.58. The minimum absolute atomic E-state index is 0.00793. The van der Waals surface area contributed by atoms with Crippen molar-refractivity contribution < 1.29 is 46.3 Å². The number of anilines is 1. The smallest absolute Gasteiger partial charge is 0.418 e. The SMILES string of the molecule is CNCCC(=O)NC(=O)Nc1ccc2c(c1)CC[C@@]21OC(=O)N(CC(=O)N(Cc2ccc(F)cc2)[C@@H](C)C(F)(F)F)C1=O. The molecular formula is C28H29F4N5O6. The number of fused-ring (bicyclic) bond motifs is 2. The van der Waals surface area contributed by atoms with Gasteiger partial charge in [0.1, 0.15) is 18.4 Å². The van der Waals surface area contributed by atoms with Crippen molar-refractivity contribution >= 4 is 35.5 Å². The lowest BCUT2D eigenvalue weighted by atomic mass is 9.94. The predicted octanol–water partition coefficient (Wildman–Crippen LogP) is 3.18. The summed E-state index contributed by atoms with van der Waals surface area (Å²) in [6, 6.07) is 5.94. The van der Waals surface area contributed by atoms with E-state index in [1.165, 1.54) is 24.3 Å². The maximum Gasteiger partial charge on any atom is 0.418 e. The number of urea groups is 1. The van der Waals surface area contributed by atoms with Crippen LogP contribution in [0.25, 0.3) is 0 Å². The molecular weight excluding hydrogens is 578 g/mol. The van der Waals surface area contributed by atoms with Crippen LogP contribution >= 0.6 is 0 Å². The zero-order valence-electron chi connectivity index (χ0n) is 23.2. The van der Waals surface area contributed by atoms with Gasteiger partial charge in [0.25, 0.3) is 5.91 Å². The van der Waals surface area contributed by atoms with Crippen LogP contribution in [0.15, 0.2) is 42.5 Å². The molecule has 1 saturated heterocycles. The number of hydrogen-bond acceptors (Lipinski definition) is 7. The number of alkyl halides is 3. The first-order valence-corrected chi connectivity index (χ1v) is 13.3. The molecule has 0 unspecified atom stereocenters. The van der Waals surface area contributed by atoms with Gasteiger partial charge < -0.3 is 20.3 Å². The summed E-state index contributed by atoms with van der Waals surface area (Å²) in [7, 11) is 1.66. The Bertz CT molecular complexity index is 1430. The Morgan fingerprint density at radius 1 is 1.12 bits per heavy atom. The summed E-state index contributed by atoms with van der Waals surface area (Å²) >= 11 is 0. The molecule has 1 fully saturated rings. The average Bonchev–Trinajstić information content (AvgIpc) is 3.42. The minimum Gasteiger partial charge on any atom is -0.427 e. The Hall–Kier alpha value is -4.53. The van der Waals surface area contributed by atoms with Crippen molar-refractivity contribution in [1.82, 2.24) is 20.4 Å². The maximum atomic E-state index is 13.6. The van der Waals surface area contributed by atoms with E-state index in [9.17, 15) is 41.5 Å². The first-order chi connectivity index (χ1) is 20.2. The zero-order valence-corrected chi connectivity index (χ0v) is 23.2. The number of carbonyl (C=O) groups is 5. The van der Waals surface area contributed by atoms with Gasteiger partial charge in [0.05, 0.1) is 0 Å². The summed E-state index contributed by atoms with van der Waals surface area (Å²) in [5.74, 6) is -3.17. The van der Waals surface area contributed by atoms with Crippen LogP contribution in [0.5, 0.6) is 0 Å². The number of nitrogens with zero attached hydrogens (tertiary/aromatic N) is 2. The van der Waals surface area contributed by atoms with Gasteiger partial charge in [-0.15, -0.1) is 0 Å². The molecule has 0 aromatic heterocycles. The summed E-state index contributed by atoms with van der Waals surface area (Å²) in [5, 5.41) is 7.48. The zero-order chi connectivity index (χ0) is 31.5. The Morgan fingerprint density at radius 3 is 2.47 bits per heavy atom. The maximum absolute atomic E-state index is 13.6. The molecule has 4 rings (SSSR count). The summed E-state index contributed by atoms with van der Waals surface area (Å²) in [5.41, 5.74) is -0.409. The van der Waals surface area contributed by atoms with Gasteiger partial charge in [-0.2, -0.15) is 13.2 Å². The lowest BCUT2D eigenvalue weighted by Gasteiger charge is -2.31. The second-order valence-electron chi connectivity index (χ2n) is 10.2. The highest BCUT2D eigenvalue weighted by Crippen LogP contribution is 2.46. The molecule has 1 spiro atoms. The van der Waals surface area contributed by atoms with Gasteiger partial charge >= 0.3 is 18.3 Å². The number of imide groups is 2. The van der Waals surface area contributed by atoms with Gasteiger partial charge in [-0.1, -0.05) is 18.2 Å². The number of hydrogen-bond donors (Lipinski definition) is 3. The van der Waals surface area contributed by atoms with Crippen LogP contribution in [0.2, 0.25) is 0 Å². The van der Waals surface area contributed by atoms with E-state index in [-0.39, 0.29) is 24.8 Å². The average molecular weight is 608 g/mol. The van der Waals surface area contributed by atoms with Crippen LogP contribution in [0.3, 0.4) is 0 Å². The summed E-state index contributed by atoms with van der Waals surface area (Å²) < 4.78 is 59.7. The van der Waals surface area contributed by atoms with Crippen LogP contribution in [0, 0.1) is 5.82 Å². The lowest BCUT2D eigenvalue weighted by molar-refractivity contribution is -0.187. The third kappa shape index (κ3) is 6.77. The number of nitrogens with one attached hydrogen (secondary N) is 3. The molecule has 0 saturated carbocycles. The van der Waals surface area contributed by atoms with Gasteiger partial charge in [-0.25, -0.2) is 18.9 Å². The molecule has 0 radical (unpaired) electrons. The number of benzene rings is 2. The molecule has 0 bridgehead atoms. The molecule has 2 aromatic rings. The van der Waals surface area contributed by atoms with Crippen LogP contribution in [-0.2, 0) is 37.7 Å². The Kier molecular flexibility index (Phi) is 9.04. The third-order valence-corrected chi connectivity index (χ3v) is 7.29. The largest absolute Gasteiger partial charge is 0.427 e. The van der Waals surface area contributed by atoms with E-state index in [4.69, 9.17) is 4.74 Å². The minimum atomic E-state index is -4.82. The predicted molar refractivity (Wildman–Crippen MR) is 143 cm³/mol. The monoisotopic (exact) mass is 607 g/mol. The van der Waals surface area contributed by atoms with E-state index in [1.54, 1.807) is 13.1 Å². The first-order valence-electron chi connectivity index (χ1n) is 13.3. The van der Waals surface area contributed by atoms with E-state index in [0.29, 0.717) is 33.2 Å². The normalized spacial score (nSPS) is 18.3. The number of carbonyl (C=O) groups excluding carboxylic acids is 5. The van der Waals surface area contributed by atoms with E-state index in [2.05, 4.69) is 16.0 Å². The third-order valence-electron chi connectivity index (χ3n) is 7.29. The standard InChI is InChI=1S/C28H29F4N5O6/c1-16(28(30,31)32)36(14-17-3-5-19(29)6-4-17)23(39)15-37-24(40)27(43-26(37)42)11-9-18-13-20(7-8-21(18)27)34-25(41)35-22(38)10-12-33-2/h3-8,13,16,33H,9-12,14-15H2,1-2H3,(H2,34,35,38,41)/t16-,27+/m0/s1. The van der Waals surface area contributed by atoms with E-state index >= 15 is 0 Å². The number of amides is 6. The van der Waals surface area contributed by atoms with Gasteiger partial charge in [-0.05, 0) is 55.8 Å². The lowest BCUT2D eigenvalue weighted by Crippen LogP contribution is -2.51. The molecule has 6 amide bonds. The molecule has 11 nitrogen and oxygen atoms in total. The summed E-state index contributed by atoms with van der Waals surface area (Å²) in [6.07, 6.45) is -5.67. The van der Waals surface area contributed by atoms with E-state index < -0.39 is 66.6 Å². The van der Waals surface area contributed by atoms with Crippen molar-refractivity contribution in [2.24, 2.45) is 0 Å². The van der Waals surface area contributed by atoms with Gasteiger partial charge in [0, 0.05) is 37.2 Å². The number of aryl methyl sites for hydroxylation is 1. The van der Waals surface area contributed by atoms with E-state index in [0.717, 1.165) is 19.1 Å². The van der Waals surface area contributed by atoms with Gasteiger partial charge in [0.15, 0.2) is 0 Å². The number of rotatable bonds is 9. The molecule has 2 atom stereocenters. The fourth-order valence-corrected chi connectivity index (χ4v) is 4.95. The topological polar surface area (TPSA) is 137 Å². The molecule has 43 heavy (non-hydrogen) atoms. The second kappa shape index (κ2) is 12.4. The van der Waals surface area contributed by atoms with Crippen molar-refractivity contribution in [2.45, 2.75) is 50.6 Å². The van der Waals surface area contributed by atoms with Crippen LogP contribution in [-0.4, -0.2) is 72.0 Å². The van der Waals surface area contributed by atoms with Crippen molar-refractivity contribution in [3.8, 4) is 0 Å².